The van der Waals surface area contributed by atoms with E-state index in [1.165, 1.54) is 0 Å². The van der Waals surface area contributed by atoms with Crippen molar-refractivity contribution in [3.8, 4) is 0 Å². The number of nitrogens with one attached hydrogen (secondary N) is 1. The highest BCUT2D eigenvalue weighted by atomic mass is 19.4. The highest BCUT2D eigenvalue weighted by Gasteiger charge is 2.32. The number of aromatic nitrogens is 2. The van der Waals surface area contributed by atoms with Crippen LogP contribution in [0.1, 0.15) is 11.3 Å². The van der Waals surface area contributed by atoms with E-state index >= 15 is 0 Å². The molecule has 1 aromatic carbocycles. The lowest BCUT2D eigenvalue weighted by Crippen LogP contribution is -2.32. The fourth-order valence-electron chi connectivity index (χ4n) is 1.86. The lowest BCUT2D eigenvalue weighted by molar-refractivity contribution is -0.141. The van der Waals surface area contributed by atoms with Crippen molar-refractivity contribution >= 4 is 5.95 Å². The van der Waals surface area contributed by atoms with Gasteiger partial charge >= 0.3 is 6.18 Å². The quantitative estimate of drug-likeness (QED) is 0.889. The Morgan fingerprint density at radius 2 is 1.86 bits per heavy atom. The first kappa shape index (κ1) is 15.2. The van der Waals surface area contributed by atoms with Gasteiger partial charge in [-0.2, -0.15) is 13.2 Å². The number of hydrogen-bond donors (Lipinski definition) is 2. The van der Waals surface area contributed by atoms with Crippen molar-refractivity contribution in [2.75, 3.05) is 11.9 Å². The maximum absolute atomic E-state index is 12.6. The molecule has 0 amide bonds. The van der Waals surface area contributed by atoms with Gasteiger partial charge in [0.2, 0.25) is 5.95 Å². The summed E-state index contributed by atoms with van der Waals surface area (Å²) in [5.41, 5.74) is 5.71. The first-order valence-electron chi connectivity index (χ1n) is 6.40. The van der Waals surface area contributed by atoms with E-state index in [1.54, 1.807) is 0 Å². The maximum Gasteiger partial charge on any atom is 0.433 e. The molecule has 0 radical (unpaired) electrons. The summed E-state index contributed by atoms with van der Waals surface area (Å²) in [6, 6.07) is 10.1. The summed E-state index contributed by atoms with van der Waals surface area (Å²) in [4.78, 5) is 7.28. The molecule has 0 aliphatic carbocycles. The average molecular weight is 296 g/mol. The van der Waals surface area contributed by atoms with E-state index < -0.39 is 11.9 Å². The van der Waals surface area contributed by atoms with Crippen LogP contribution in [-0.4, -0.2) is 22.6 Å². The molecule has 1 heterocycles. The summed E-state index contributed by atoms with van der Waals surface area (Å²) in [5.74, 6) is -0.0730. The molecule has 112 valence electrons. The minimum Gasteiger partial charge on any atom is -0.350 e. The summed E-state index contributed by atoms with van der Waals surface area (Å²) in [6.45, 7) is 0.258. The van der Waals surface area contributed by atoms with Gasteiger partial charge in [-0.25, -0.2) is 9.97 Å². The van der Waals surface area contributed by atoms with Crippen LogP contribution in [0.3, 0.4) is 0 Å². The van der Waals surface area contributed by atoms with E-state index in [-0.39, 0.29) is 18.5 Å². The Labute approximate surface area is 120 Å². The van der Waals surface area contributed by atoms with Gasteiger partial charge in [-0.15, -0.1) is 0 Å². The third-order valence-corrected chi connectivity index (χ3v) is 2.89. The van der Waals surface area contributed by atoms with Crippen molar-refractivity contribution in [3.05, 3.63) is 53.9 Å². The van der Waals surface area contributed by atoms with Crippen LogP contribution >= 0.6 is 0 Å². The number of halogens is 3. The largest absolute Gasteiger partial charge is 0.433 e. The first-order valence-corrected chi connectivity index (χ1v) is 6.40. The van der Waals surface area contributed by atoms with Crippen molar-refractivity contribution in [2.24, 2.45) is 5.73 Å². The zero-order valence-corrected chi connectivity index (χ0v) is 11.1. The second-order valence-electron chi connectivity index (χ2n) is 4.53. The van der Waals surface area contributed by atoms with Gasteiger partial charge in [0.05, 0.1) is 0 Å². The van der Waals surface area contributed by atoms with Crippen LogP contribution in [0.5, 0.6) is 0 Å². The summed E-state index contributed by atoms with van der Waals surface area (Å²) >= 11 is 0. The first-order chi connectivity index (χ1) is 9.99. The smallest absolute Gasteiger partial charge is 0.350 e. The van der Waals surface area contributed by atoms with Crippen LogP contribution in [0, 0.1) is 0 Å². The molecule has 1 unspecified atom stereocenters. The Balaban J connectivity index is 2.08. The zero-order chi connectivity index (χ0) is 15.3. The number of nitrogens with zero attached hydrogens (tertiary/aromatic N) is 2. The van der Waals surface area contributed by atoms with Crippen LogP contribution in [0.15, 0.2) is 42.6 Å². The van der Waals surface area contributed by atoms with Gasteiger partial charge in [-0.3, -0.25) is 0 Å². The van der Waals surface area contributed by atoms with Crippen LogP contribution in [0.4, 0.5) is 19.1 Å². The van der Waals surface area contributed by atoms with Gasteiger partial charge < -0.3 is 11.1 Å². The number of anilines is 1. The van der Waals surface area contributed by atoms with Gasteiger partial charge in [-0.05, 0) is 18.1 Å². The predicted molar refractivity (Wildman–Crippen MR) is 73.6 cm³/mol. The second kappa shape index (κ2) is 6.53. The third kappa shape index (κ3) is 4.42. The highest BCUT2D eigenvalue weighted by Crippen LogP contribution is 2.27. The Bertz CT molecular complexity index is 572. The summed E-state index contributed by atoms with van der Waals surface area (Å²) in [7, 11) is 0. The molecule has 2 aromatic rings. The molecule has 0 aliphatic heterocycles. The van der Waals surface area contributed by atoms with Crippen LogP contribution in [-0.2, 0) is 12.6 Å². The van der Waals surface area contributed by atoms with E-state index in [1.807, 2.05) is 30.3 Å². The molecule has 0 saturated carbocycles. The molecule has 1 aromatic heterocycles. The average Bonchev–Trinajstić information content (AvgIpc) is 2.47. The van der Waals surface area contributed by atoms with Gasteiger partial charge in [0.15, 0.2) is 0 Å². The number of hydrogen-bond acceptors (Lipinski definition) is 4. The molecule has 3 N–H and O–H groups in total. The minimum atomic E-state index is -4.49. The number of alkyl halides is 3. The topological polar surface area (TPSA) is 63.8 Å². The predicted octanol–water partition coefficient (Wildman–Crippen LogP) is 2.48. The van der Waals surface area contributed by atoms with Gasteiger partial charge in [-0.1, -0.05) is 30.3 Å². The van der Waals surface area contributed by atoms with Crippen molar-refractivity contribution in [1.82, 2.24) is 9.97 Å². The summed E-state index contributed by atoms with van der Waals surface area (Å²) < 4.78 is 37.8. The third-order valence-electron chi connectivity index (χ3n) is 2.89. The van der Waals surface area contributed by atoms with Gasteiger partial charge in [0.25, 0.3) is 0 Å². The van der Waals surface area contributed by atoms with Crippen LogP contribution in [0.2, 0.25) is 0 Å². The Kier molecular flexibility index (Phi) is 4.74. The van der Waals surface area contributed by atoms with E-state index in [4.69, 9.17) is 5.73 Å². The van der Waals surface area contributed by atoms with Crippen LogP contribution in [0.25, 0.3) is 0 Å². The molecule has 0 spiro atoms. The zero-order valence-electron chi connectivity index (χ0n) is 11.1. The SMILES string of the molecule is NCC(Cc1ccccc1)Nc1nccc(C(F)(F)F)n1. The maximum atomic E-state index is 12.6. The molecular weight excluding hydrogens is 281 g/mol. The van der Waals surface area contributed by atoms with Gasteiger partial charge in [0.1, 0.15) is 5.69 Å². The number of rotatable bonds is 5. The molecule has 21 heavy (non-hydrogen) atoms. The Morgan fingerprint density at radius 1 is 1.14 bits per heavy atom. The molecule has 0 saturated heterocycles. The van der Waals surface area contributed by atoms with Gasteiger partial charge in [0, 0.05) is 18.8 Å². The molecule has 0 bridgehead atoms. The van der Waals surface area contributed by atoms with Crippen molar-refractivity contribution in [2.45, 2.75) is 18.6 Å². The van der Waals surface area contributed by atoms with Crippen molar-refractivity contribution < 1.29 is 13.2 Å². The van der Waals surface area contributed by atoms with Crippen molar-refractivity contribution in [3.63, 3.8) is 0 Å². The lowest BCUT2D eigenvalue weighted by Gasteiger charge is -2.17. The molecule has 1 atom stereocenters. The second-order valence-corrected chi connectivity index (χ2v) is 4.53. The Morgan fingerprint density at radius 3 is 2.48 bits per heavy atom. The fourth-order valence-corrected chi connectivity index (χ4v) is 1.86. The lowest BCUT2D eigenvalue weighted by atomic mass is 10.1. The van der Waals surface area contributed by atoms with E-state index in [0.29, 0.717) is 6.42 Å². The monoisotopic (exact) mass is 296 g/mol. The van der Waals surface area contributed by atoms with E-state index in [9.17, 15) is 13.2 Å². The molecular formula is C14H15F3N4. The van der Waals surface area contributed by atoms with Crippen molar-refractivity contribution in [1.29, 1.82) is 0 Å². The molecule has 4 nitrogen and oxygen atoms in total. The fraction of sp³-hybridized carbons (Fsp3) is 0.286. The summed E-state index contributed by atoms with van der Waals surface area (Å²) in [5, 5.41) is 2.84. The van der Waals surface area contributed by atoms with E-state index in [0.717, 1.165) is 17.8 Å². The Hall–Kier alpha value is -2.15. The normalized spacial score (nSPS) is 13.0. The number of benzene rings is 1. The number of nitrogens with two attached hydrogens (primary N) is 1. The molecule has 7 heteroatoms. The minimum absolute atomic E-state index is 0.0730. The summed E-state index contributed by atoms with van der Waals surface area (Å²) in [6.07, 6.45) is -2.83. The molecule has 0 aliphatic rings. The molecule has 2 rings (SSSR count). The highest BCUT2D eigenvalue weighted by molar-refractivity contribution is 5.29. The van der Waals surface area contributed by atoms with E-state index in [2.05, 4.69) is 15.3 Å². The van der Waals surface area contributed by atoms with Crippen LogP contribution < -0.4 is 11.1 Å². The standard InChI is InChI=1S/C14H15F3N4/c15-14(16,17)12-6-7-19-13(21-12)20-11(9-18)8-10-4-2-1-3-5-10/h1-7,11H,8-9,18H2,(H,19,20,21). The molecule has 0 fully saturated rings.